The van der Waals surface area contributed by atoms with Crippen molar-refractivity contribution in [3.8, 4) is 0 Å². The molecule has 0 aromatic carbocycles. The number of carbonyl (C=O) groups excluding carboxylic acids is 1. The maximum Gasteiger partial charge on any atom is 0.309 e. The average molecular weight is 268 g/mol. The van der Waals surface area contributed by atoms with Crippen molar-refractivity contribution in [3.05, 3.63) is 11.6 Å². The fourth-order valence-electron chi connectivity index (χ4n) is 2.77. The van der Waals surface area contributed by atoms with Crippen LogP contribution in [0.3, 0.4) is 0 Å². The summed E-state index contributed by atoms with van der Waals surface area (Å²) in [5, 5.41) is 10.4. The van der Waals surface area contributed by atoms with Crippen LogP contribution in [0.1, 0.15) is 65.7 Å². The standard InChI is InChI=1S/C16H28O3/c1-4-6-7-13(3)10-14-8-9-16(18,11-14)12-15(17)19-5-2/h11,13,18H,4-10,12H2,1-3H3. The maximum atomic E-state index is 11.5. The van der Waals surface area contributed by atoms with Crippen LogP contribution in [0.5, 0.6) is 0 Å². The molecule has 0 aliphatic heterocycles. The Hall–Kier alpha value is -0.830. The minimum absolute atomic E-state index is 0.0910. The molecule has 2 unspecified atom stereocenters. The number of esters is 1. The Morgan fingerprint density at radius 2 is 2.26 bits per heavy atom. The number of ether oxygens (including phenoxy) is 1. The van der Waals surface area contributed by atoms with Gasteiger partial charge in [0.15, 0.2) is 0 Å². The minimum Gasteiger partial charge on any atom is -0.466 e. The molecule has 1 aliphatic rings. The van der Waals surface area contributed by atoms with Gasteiger partial charge in [-0.25, -0.2) is 0 Å². The number of unbranched alkanes of at least 4 members (excludes halogenated alkanes) is 1. The number of rotatable bonds is 8. The van der Waals surface area contributed by atoms with Crippen LogP contribution in [0.15, 0.2) is 11.6 Å². The van der Waals surface area contributed by atoms with Crippen LogP contribution in [0.4, 0.5) is 0 Å². The number of hydrogen-bond donors (Lipinski definition) is 1. The maximum absolute atomic E-state index is 11.5. The smallest absolute Gasteiger partial charge is 0.309 e. The van der Waals surface area contributed by atoms with Gasteiger partial charge in [-0.3, -0.25) is 4.79 Å². The molecule has 1 aliphatic carbocycles. The molecule has 0 aromatic rings. The summed E-state index contributed by atoms with van der Waals surface area (Å²) in [5.41, 5.74) is 0.335. The van der Waals surface area contributed by atoms with Gasteiger partial charge in [-0.1, -0.05) is 44.8 Å². The third kappa shape index (κ3) is 5.77. The summed E-state index contributed by atoms with van der Waals surface area (Å²) in [4.78, 5) is 11.5. The fourth-order valence-corrected chi connectivity index (χ4v) is 2.77. The molecule has 0 amide bonds. The first-order valence-electron chi connectivity index (χ1n) is 7.57. The van der Waals surface area contributed by atoms with Gasteiger partial charge in [-0.05, 0) is 32.1 Å². The Balaban J connectivity index is 2.45. The average Bonchev–Trinajstić information content (AvgIpc) is 2.68. The highest BCUT2D eigenvalue weighted by Crippen LogP contribution is 2.35. The lowest BCUT2D eigenvalue weighted by Crippen LogP contribution is -2.27. The SMILES string of the molecule is CCCCC(C)CC1=CC(O)(CC(=O)OCC)CC1. The molecule has 0 fully saturated rings. The van der Waals surface area contributed by atoms with E-state index in [1.807, 2.05) is 6.08 Å². The van der Waals surface area contributed by atoms with Crippen molar-refractivity contribution in [2.24, 2.45) is 5.92 Å². The number of aliphatic hydroxyl groups is 1. The lowest BCUT2D eigenvalue weighted by atomic mass is 9.95. The molecular formula is C16H28O3. The predicted molar refractivity (Wildman–Crippen MR) is 76.8 cm³/mol. The summed E-state index contributed by atoms with van der Waals surface area (Å²) >= 11 is 0. The molecular weight excluding hydrogens is 240 g/mol. The molecule has 0 saturated heterocycles. The fraction of sp³-hybridized carbons (Fsp3) is 0.812. The molecule has 0 heterocycles. The van der Waals surface area contributed by atoms with Crippen molar-refractivity contribution in [3.63, 3.8) is 0 Å². The molecule has 19 heavy (non-hydrogen) atoms. The Bertz CT molecular complexity index is 322. The van der Waals surface area contributed by atoms with Crippen molar-refractivity contribution in [1.29, 1.82) is 0 Å². The van der Waals surface area contributed by atoms with E-state index in [-0.39, 0.29) is 12.4 Å². The summed E-state index contributed by atoms with van der Waals surface area (Å²) in [6.07, 6.45) is 8.35. The highest BCUT2D eigenvalue weighted by Gasteiger charge is 2.33. The quantitative estimate of drug-likeness (QED) is 0.540. The predicted octanol–water partition coefficient (Wildman–Crippen LogP) is 3.61. The van der Waals surface area contributed by atoms with E-state index < -0.39 is 5.60 Å². The zero-order valence-electron chi connectivity index (χ0n) is 12.6. The Morgan fingerprint density at radius 3 is 2.89 bits per heavy atom. The molecule has 0 radical (unpaired) electrons. The number of hydrogen-bond acceptors (Lipinski definition) is 3. The first-order chi connectivity index (χ1) is 8.99. The normalized spacial score (nSPS) is 24.1. The highest BCUT2D eigenvalue weighted by atomic mass is 16.5. The van der Waals surface area contributed by atoms with Crippen LogP contribution in [-0.4, -0.2) is 23.3 Å². The van der Waals surface area contributed by atoms with E-state index in [4.69, 9.17) is 4.74 Å². The van der Waals surface area contributed by atoms with E-state index in [9.17, 15) is 9.90 Å². The van der Waals surface area contributed by atoms with Gasteiger partial charge < -0.3 is 9.84 Å². The molecule has 2 atom stereocenters. The van der Waals surface area contributed by atoms with Crippen molar-refractivity contribution in [2.75, 3.05) is 6.61 Å². The molecule has 110 valence electrons. The lowest BCUT2D eigenvalue weighted by Gasteiger charge is -2.18. The van der Waals surface area contributed by atoms with E-state index in [0.717, 1.165) is 12.8 Å². The number of carbonyl (C=O) groups is 1. The van der Waals surface area contributed by atoms with Gasteiger partial charge in [0, 0.05) is 0 Å². The van der Waals surface area contributed by atoms with E-state index in [1.165, 1.54) is 24.8 Å². The van der Waals surface area contributed by atoms with Gasteiger partial charge >= 0.3 is 5.97 Å². The topological polar surface area (TPSA) is 46.5 Å². The second kappa shape index (κ2) is 7.68. The van der Waals surface area contributed by atoms with E-state index in [0.29, 0.717) is 18.9 Å². The molecule has 3 nitrogen and oxygen atoms in total. The van der Waals surface area contributed by atoms with Crippen LogP contribution in [-0.2, 0) is 9.53 Å². The van der Waals surface area contributed by atoms with Crippen LogP contribution in [0.2, 0.25) is 0 Å². The Morgan fingerprint density at radius 1 is 1.53 bits per heavy atom. The lowest BCUT2D eigenvalue weighted by molar-refractivity contribution is -0.147. The zero-order valence-corrected chi connectivity index (χ0v) is 12.6. The summed E-state index contributed by atoms with van der Waals surface area (Å²) < 4.78 is 4.91. The molecule has 0 saturated carbocycles. The van der Waals surface area contributed by atoms with Crippen LogP contribution >= 0.6 is 0 Å². The molecule has 1 N–H and O–H groups in total. The first kappa shape index (κ1) is 16.2. The summed E-state index contributed by atoms with van der Waals surface area (Å²) in [6, 6.07) is 0. The van der Waals surface area contributed by atoms with E-state index in [2.05, 4.69) is 13.8 Å². The molecule has 1 rings (SSSR count). The Kier molecular flexibility index (Phi) is 6.56. The van der Waals surface area contributed by atoms with Gasteiger partial charge in [0.25, 0.3) is 0 Å². The second-order valence-corrected chi connectivity index (χ2v) is 5.84. The molecule has 3 heteroatoms. The number of allylic oxidation sites excluding steroid dienone is 1. The van der Waals surface area contributed by atoms with Gasteiger partial charge in [0.1, 0.15) is 0 Å². The molecule has 0 bridgehead atoms. The third-order valence-corrected chi connectivity index (χ3v) is 3.77. The third-order valence-electron chi connectivity index (χ3n) is 3.77. The largest absolute Gasteiger partial charge is 0.466 e. The van der Waals surface area contributed by atoms with Crippen molar-refractivity contribution < 1.29 is 14.6 Å². The Labute approximate surface area is 117 Å². The summed E-state index contributed by atoms with van der Waals surface area (Å²) in [6.45, 7) is 6.63. The van der Waals surface area contributed by atoms with Crippen LogP contribution < -0.4 is 0 Å². The first-order valence-corrected chi connectivity index (χ1v) is 7.57. The van der Waals surface area contributed by atoms with Crippen molar-refractivity contribution >= 4 is 5.97 Å². The van der Waals surface area contributed by atoms with Crippen LogP contribution in [0.25, 0.3) is 0 Å². The van der Waals surface area contributed by atoms with Gasteiger partial charge in [-0.15, -0.1) is 0 Å². The molecule has 0 spiro atoms. The molecule has 0 aromatic heterocycles. The summed E-state index contributed by atoms with van der Waals surface area (Å²) in [7, 11) is 0. The minimum atomic E-state index is -0.966. The van der Waals surface area contributed by atoms with Crippen LogP contribution in [0, 0.1) is 5.92 Å². The van der Waals surface area contributed by atoms with E-state index >= 15 is 0 Å². The van der Waals surface area contributed by atoms with Crippen molar-refractivity contribution in [1.82, 2.24) is 0 Å². The summed E-state index contributed by atoms with van der Waals surface area (Å²) in [5.74, 6) is 0.359. The van der Waals surface area contributed by atoms with Crippen molar-refractivity contribution in [2.45, 2.75) is 71.3 Å². The van der Waals surface area contributed by atoms with Gasteiger partial charge in [-0.2, -0.15) is 0 Å². The second-order valence-electron chi connectivity index (χ2n) is 5.84. The zero-order chi connectivity index (χ0) is 14.3. The van der Waals surface area contributed by atoms with Gasteiger partial charge in [0.05, 0.1) is 18.6 Å². The van der Waals surface area contributed by atoms with Gasteiger partial charge in [0.2, 0.25) is 0 Å². The highest BCUT2D eigenvalue weighted by molar-refractivity contribution is 5.71. The monoisotopic (exact) mass is 268 g/mol. The van der Waals surface area contributed by atoms with E-state index in [1.54, 1.807) is 6.92 Å².